The number of hydrogen-bond donors (Lipinski definition) is 1. The van der Waals surface area contributed by atoms with Crippen LogP contribution in [0.15, 0.2) is 41.9 Å². The van der Waals surface area contributed by atoms with Gasteiger partial charge < -0.3 is 15.0 Å². The topological polar surface area (TPSA) is 54.9 Å². The molecule has 4 nitrogen and oxygen atoms in total. The maximum absolute atomic E-state index is 9.30. The largest absolute Gasteiger partial charge is 0.496 e. The molecule has 116 valence electrons. The summed E-state index contributed by atoms with van der Waals surface area (Å²) in [5.74, 6) is 1.20. The van der Waals surface area contributed by atoms with Crippen molar-refractivity contribution in [1.82, 2.24) is 0 Å². The first-order chi connectivity index (χ1) is 10.6. The van der Waals surface area contributed by atoms with Crippen molar-refractivity contribution >= 4 is 23.9 Å². The van der Waals surface area contributed by atoms with Crippen molar-refractivity contribution in [3.8, 4) is 0 Å². The van der Waals surface area contributed by atoms with Gasteiger partial charge in [0.1, 0.15) is 5.76 Å². The summed E-state index contributed by atoms with van der Waals surface area (Å²) in [5, 5.41) is -0.467. The van der Waals surface area contributed by atoms with E-state index in [-0.39, 0.29) is 0 Å². The third-order valence-electron chi connectivity index (χ3n) is 3.44. The molecule has 0 saturated carbocycles. The van der Waals surface area contributed by atoms with E-state index in [9.17, 15) is 5.53 Å². The molecule has 1 aliphatic carbocycles. The molecule has 1 unspecified atom stereocenters. The van der Waals surface area contributed by atoms with E-state index in [4.69, 9.17) is 9.47 Å². The van der Waals surface area contributed by atoms with Crippen LogP contribution in [0.25, 0.3) is 11.1 Å². The van der Waals surface area contributed by atoms with Crippen molar-refractivity contribution in [2.45, 2.75) is 26.0 Å². The Balaban J connectivity index is 2.66. The molecular weight excluding hydrogens is 296 g/mol. The van der Waals surface area contributed by atoms with Gasteiger partial charge in [0.2, 0.25) is 5.76 Å². The Morgan fingerprint density at radius 2 is 1.86 bits per heavy atom. The van der Waals surface area contributed by atoms with E-state index in [1.165, 1.54) is 0 Å². The molecule has 0 amide bonds. The maximum Gasteiger partial charge on any atom is 0.353 e. The lowest BCUT2D eigenvalue weighted by molar-refractivity contribution is -0.0126. The van der Waals surface area contributed by atoms with Crippen LogP contribution in [0.2, 0.25) is 0 Å². The highest BCUT2D eigenvalue weighted by atomic mass is 32.1. The van der Waals surface area contributed by atoms with E-state index < -0.39 is 5.25 Å². The second kappa shape index (κ2) is 7.34. The van der Waals surface area contributed by atoms with Crippen molar-refractivity contribution in [1.29, 1.82) is 0 Å². The van der Waals surface area contributed by atoms with Crippen LogP contribution >= 0.6 is 12.6 Å². The lowest BCUT2D eigenvalue weighted by Gasteiger charge is -2.23. The van der Waals surface area contributed by atoms with Gasteiger partial charge in [-0.25, -0.2) is 0 Å². The zero-order valence-corrected chi connectivity index (χ0v) is 13.9. The highest BCUT2D eigenvalue weighted by Gasteiger charge is 2.37. The predicted molar refractivity (Wildman–Crippen MR) is 90.8 cm³/mol. The molecule has 1 atom stereocenters. The third kappa shape index (κ3) is 3.11. The van der Waals surface area contributed by atoms with Gasteiger partial charge in [-0.1, -0.05) is 24.3 Å². The molecular formula is C17H20N2O2S. The number of hydrogen-bond acceptors (Lipinski definition) is 3. The number of aryl methyl sites for hydroxylation is 1. The predicted octanol–water partition coefficient (Wildman–Crippen LogP) is 3.65. The fraction of sp³-hybridized carbons (Fsp3) is 0.353. The number of ether oxygens (including phenoxy) is 2. The van der Waals surface area contributed by atoms with Crippen LogP contribution in [0.4, 0.5) is 0 Å². The van der Waals surface area contributed by atoms with Crippen molar-refractivity contribution in [2.24, 2.45) is 0 Å². The molecule has 2 rings (SSSR count). The van der Waals surface area contributed by atoms with Crippen LogP contribution in [0.5, 0.6) is 0 Å². The van der Waals surface area contributed by atoms with Gasteiger partial charge in [0.15, 0.2) is 5.25 Å². The summed E-state index contributed by atoms with van der Waals surface area (Å²) in [7, 11) is 0. The summed E-state index contributed by atoms with van der Waals surface area (Å²) in [6.45, 7) is 6.84. The standard InChI is InChI=1S/C17H20N2O2S/c1-4-20-14-10-13(12-9-7-6-8-11(12)3)16(21-5-2)17(22)15(14)19-18/h6-10,17,22H,4-5H2,1-3H3. The van der Waals surface area contributed by atoms with E-state index in [2.05, 4.69) is 17.4 Å². The van der Waals surface area contributed by atoms with Crippen LogP contribution in [0, 0.1) is 6.92 Å². The van der Waals surface area contributed by atoms with Gasteiger partial charge in [-0.3, -0.25) is 0 Å². The molecule has 0 fully saturated rings. The summed E-state index contributed by atoms with van der Waals surface area (Å²) in [6.07, 6.45) is 1.86. The van der Waals surface area contributed by atoms with Gasteiger partial charge >= 0.3 is 5.71 Å². The summed E-state index contributed by atoms with van der Waals surface area (Å²) in [5.41, 5.74) is 12.8. The Bertz CT molecular complexity index is 673. The summed E-state index contributed by atoms with van der Waals surface area (Å²) in [6, 6.07) is 8.05. The number of thiol groups is 1. The summed E-state index contributed by atoms with van der Waals surface area (Å²) in [4.78, 5) is 3.34. The Labute approximate surface area is 136 Å². The molecule has 0 heterocycles. The first kappa shape index (κ1) is 16.4. The van der Waals surface area contributed by atoms with E-state index in [0.717, 1.165) is 16.7 Å². The average molecular weight is 316 g/mol. The zero-order valence-electron chi connectivity index (χ0n) is 13.0. The minimum atomic E-state index is -0.467. The monoisotopic (exact) mass is 316 g/mol. The van der Waals surface area contributed by atoms with Crippen molar-refractivity contribution in [3.05, 3.63) is 58.5 Å². The normalized spacial score (nSPS) is 17.9. The van der Waals surface area contributed by atoms with Gasteiger partial charge in [0.25, 0.3) is 0 Å². The number of rotatable bonds is 5. The summed E-state index contributed by atoms with van der Waals surface area (Å²) >= 11 is 4.57. The van der Waals surface area contributed by atoms with E-state index in [0.29, 0.717) is 30.4 Å². The van der Waals surface area contributed by atoms with Crippen LogP contribution in [0.3, 0.4) is 0 Å². The fourth-order valence-corrected chi connectivity index (χ4v) is 2.85. The Morgan fingerprint density at radius 1 is 1.18 bits per heavy atom. The molecule has 0 saturated heterocycles. The van der Waals surface area contributed by atoms with Crippen LogP contribution in [-0.2, 0) is 9.47 Å². The molecule has 0 aromatic heterocycles. The number of benzene rings is 1. The first-order valence-corrected chi connectivity index (χ1v) is 7.83. The Kier molecular flexibility index (Phi) is 5.47. The molecule has 0 spiro atoms. The lowest BCUT2D eigenvalue weighted by Crippen LogP contribution is -2.28. The molecule has 0 bridgehead atoms. The van der Waals surface area contributed by atoms with Gasteiger partial charge in [-0.05, 0) is 38.0 Å². The minimum absolute atomic E-state index is 0.367. The number of nitrogens with zero attached hydrogens (tertiary/aromatic N) is 2. The maximum atomic E-state index is 9.30. The second-order valence-corrected chi connectivity index (χ2v) is 5.37. The molecule has 1 aromatic rings. The molecule has 1 aliphatic rings. The van der Waals surface area contributed by atoms with Crippen LogP contribution in [0.1, 0.15) is 25.0 Å². The van der Waals surface area contributed by atoms with Crippen LogP contribution < -0.4 is 0 Å². The molecule has 0 radical (unpaired) electrons. The SMILES string of the molecule is CCOC1=CC(c2ccccc2C)=C(OCC)C(S)C1=[N+]=[N-]. The van der Waals surface area contributed by atoms with E-state index in [1.807, 2.05) is 51.1 Å². The van der Waals surface area contributed by atoms with Gasteiger partial charge in [-0.15, -0.1) is 0 Å². The zero-order chi connectivity index (χ0) is 16.1. The van der Waals surface area contributed by atoms with Crippen LogP contribution in [-0.4, -0.2) is 29.0 Å². The van der Waals surface area contributed by atoms with Gasteiger partial charge in [-0.2, -0.15) is 17.4 Å². The van der Waals surface area contributed by atoms with E-state index in [1.54, 1.807) is 0 Å². The van der Waals surface area contributed by atoms with Crippen molar-refractivity contribution in [2.75, 3.05) is 13.2 Å². The first-order valence-electron chi connectivity index (χ1n) is 7.31. The smallest absolute Gasteiger partial charge is 0.353 e. The molecule has 0 N–H and O–H groups in total. The molecule has 0 aliphatic heterocycles. The lowest BCUT2D eigenvalue weighted by atomic mass is 9.92. The molecule has 22 heavy (non-hydrogen) atoms. The van der Waals surface area contributed by atoms with Crippen molar-refractivity contribution in [3.63, 3.8) is 0 Å². The molecule has 5 heteroatoms. The Morgan fingerprint density at radius 3 is 2.45 bits per heavy atom. The van der Waals surface area contributed by atoms with Gasteiger partial charge in [0, 0.05) is 5.57 Å². The summed E-state index contributed by atoms with van der Waals surface area (Å²) < 4.78 is 11.4. The second-order valence-electron chi connectivity index (χ2n) is 4.86. The average Bonchev–Trinajstić information content (AvgIpc) is 2.51. The van der Waals surface area contributed by atoms with E-state index >= 15 is 0 Å². The quantitative estimate of drug-likeness (QED) is 0.512. The highest BCUT2D eigenvalue weighted by Crippen LogP contribution is 2.34. The number of allylic oxidation sites excluding steroid dienone is 3. The minimum Gasteiger partial charge on any atom is -0.496 e. The van der Waals surface area contributed by atoms with Gasteiger partial charge in [0.05, 0.1) is 13.2 Å². The fourth-order valence-electron chi connectivity index (χ4n) is 2.46. The molecule has 1 aromatic carbocycles. The van der Waals surface area contributed by atoms with Crippen molar-refractivity contribution < 1.29 is 14.3 Å². The third-order valence-corrected chi connectivity index (χ3v) is 3.92. The Hall–Kier alpha value is -1.97. The highest BCUT2D eigenvalue weighted by molar-refractivity contribution is 7.82.